The summed E-state index contributed by atoms with van der Waals surface area (Å²) < 4.78 is 39.8. The predicted octanol–water partition coefficient (Wildman–Crippen LogP) is 2.17. The number of hydrogen-bond acceptors (Lipinski definition) is 7. The molecule has 0 spiro atoms. The molecular weight excluding hydrogens is 401 g/mol. The molecule has 7 nitrogen and oxygen atoms in total. The third-order valence-corrected chi connectivity index (χ3v) is 7.37. The van der Waals surface area contributed by atoms with Crippen molar-refractivity contribution in [3.05, 3.63) is 65.2 Å². The number of sulfonamides is 1. The molecule has 0 N–H and O–H groups in total. The first kappa shape index (κ1) is 18.9. The van der Waals surface area contributed by atoms with E-state index in [2.05, 4.69) is 15.2 Å². The minimum Gasteiger partial charge on any atom is -0.344 e. The van der Waals surface area contributed by atoms with E-state index in [1.165, 1.54) is 34.0 Å². The first-order valence-corrected chi connectivity index (χ1v) is 11.0. The Labute approximate surface area is 166 Å². The lowest BCUT2D eigenvalue weighted by Crippen LogP contribution is -2.48. The summed E-state index contributed by atoms with van der Waals surface area (Å²) in [6.45, 7) is 1.85. The predicted molar refractivity (Wildman–Crippen MR) is 104 cm³/mol. The molecule has 3 aromatic rings. The standard InChI is InChI=1S/C18H18FN5O2S2/c19-15-5-3-14(4-6-15)12-17-21-22-18(27-17)23-8-10-24(11-9-23)28(25,26)16-2-1-7-20-13-16/h1-7,13H,8-12H2. The summed E-state index contributed by atoms with van der Waals surface area (Å²) in [5, 5.41) is 10.1. The summed E-state index contributed by atoms with van der Waals surface area (Å²) in [5.74, 6) is -0.263. The van der Waals surface area contributed by atoms with Crippen molar-refractivity contribution in [2.45, 2.75) is 11.3 Å². The Morgan fingerprint density at radius 3 is 2.46 bits per heavy atom. The zero-order valence-electron chi connectivity index (χ0n) is 14.9. The Hall–Kier alpha value is -2.43. The normalized spacial score (nSPS) is 15.7. The molecule has 1 aliphatic rings. The number of benzene rings is 1. The first-order chi connectivity index (χ1) is 13.5. The van der Waals surface area contributed by atoms with E-state index in [1.54, 1.807) is 30.5 Å². The van der Waals surface area contributed by atoms with Crippen molar-refractivity contribution in [1.29, 1.82) is 0 Å². The number of piperazine rings is 1. The molecule has 0 saturated carbocycles. The third kappa shape index (κ3) is 4.03. The van der Waals surface area contributed by atoms with Gasteiger partial charge in [0.1, 0.15) is 15.7 Å². The molecule has 0 atom stereocenters. The van der Waals surface area contributed by atoms with Crippen molar-refractivity contribution in [2.24, 2.45) is 0 Å². The van der Waals surface area contributed by atoms with Crippen LogP contribution < -0.4 is 4.90 Å². The minimum absolute atomic E-state index is 0.209. The fraction of sp³-hybridized carbons (Fsp3) is 0.278. The van der Waals surface area contributed by atoms with Crippen LogP contribution in [0.25, 0.3) is 0 Å². The summed E-state index contributed by atoms with van der Waals surface area (Å²) >= 11 is 1.48. The van der Waals surface area contributed by atoms with E-state index in [-0.39, 0.29) is 10.7 Å². The molecule has 0 radical (unpaired) electrons. The van der Waals surface area contributed by atoms with Crippen LogP contribution in [0.1, 0.15) is 10.6 Å². The van der Waals surface area contributed by atoms with E-state index in [9.17, 15) is 12.8 Å². The number of anilines is 1. The number of rotatable bonds is 5. The number of nitrogens with zero attached hydrogens (tertiary/aromatic N) is 5. The van der Waals surface area contributed by atoms with E-state index >= 15 is 0 Å². The van der Waals surface area contributed by atoms with Crippen LogP contribution in [0.15, 0.2) is 53.7 Å². The fourth-order valence-electron chi connectivity index (χ4n) is 2.99. The Balaban J connectivity index is 1.39. The van der Waals surface area contributed by atoms with Crippen LogP contribution in [0, 0.1) is 5.82 Å². The van der Waals surface area contributed by atoms with Crippen molar-refractivity contribution in [3.8, 4) is 0 Å². The zero-order chi connectivity index (χ0) is 19.6. The molecule has 146 valence electrons. The van der Waals surface area contributed by atoms with Crippen molar-refractivity contribution < 1.29 is 12.8 Å². The van der Waals surface area contributed by atoms with Gasteiger partial charge in [-0.05, 0) is 29.8 Å². The monoisotopic (exact) mass is 419 g/mol. The van der Waals surface area contributed by atoms with Gasteiger partial charge in [0.15, 0.2) is 0 Å². The van der Waals surface area contributed by atoms with Gasteiger partial charge < -0.3 is 4.90 Å². The second-order valence-corrected chi connectivity index (χ2v) is 9.34. The Morgan fingerprint density at radius 1 is 1.04 bits per heavy atom. The van der Waals surface area contributed by atoms with Gasteiger partial charge in [-0.15, -0.1) is 10.2 Å². The molecule has 4 rings (SSSR count). The van der Waals surface area contributed by atoms with Gasteiger partial charge in [0.2, 0.25) is 15.2 Å². The maximum Gasteiger partial charge on any atom is 0.244 e. The largest absolute Gasteiger partial charge is 0.344 e. The topological polar surface area (TPSA) is 79.3 Å². The van der Waals surface area contributed by atoms with E-state index in [1.807, 2.05) is 4.90 Å². The molecule has 0 aliphatic carbocycles. The van der Waals surface area contributed by atoms with Crippen LogP contribution in [0.5, 0.6) is 0 Å². The molecule has 0 amide bonds. The fourth-order valence-corrected chi connectivity index (χ4v) is 5.30. The average Bonchev–Trinajstić information content (AvgIpc) is 3.19. The van der Waals surface area contributed by atoms with Crippen LogP contribution in [-0.4, -0.2) is 54.1 Å². The van der Waals surface area contributed by atoms with E-state index < -0.39 is 10.0 Å². The van der Waals surface area contributed by atoms with Gasteiger partial charge in [0, 0.05) is 45.0 Å². The molecule has 1 fully saturated rings. The number of halogens is 1. The molecule has 28 heavy (non-hydrogen) atoms. The van der Waals surface area contributed by atoms with Gasteiger partial charge in [0.05, 0.1) is 0 Å². The summed E-state index contributed by atoms with van der Waals surface area (Å²) in [4.78, 5) is 6.15. The highest BCUT2D eigenvalue weighted by Crippen LogP contribution is 2.25. The lowest BCUT2D eigenvalue weighted by molar-refractivity contribution is 0.384. The van der Waals surface area contributed by atoms with Crippen LogP contribution in [-0.2, 0) is 16.4 Å². The summed E-state index contributed by atoms with van der Waals surface area (Å²) in [5.41, 5.74) is 0.969. The third-order valence-electron chi connectivity index (χ3n) is 4.51. The highest BCUT2D eigenvalue weighted by atomic mass is 32.2. The van der Waals surface area contributed by atoms with Crippen LogP contribution >= 0.6 is 11.3 Å². The van der Waals surface area contributed by atoms with Crippen LogP contribution in [0.2, 0.25) is 0 Å². The molecule has 1 aliphatic heterocycles. The molecule has 1 aromatic carbocycles. The van der Waals surface area contributed by atoms with E-state index in [0.717, 1.165) is 15.7 Å². The lowest BCUT2D eigenvalue weighted by Gasteiger charge is -2.33. The molecule has 2 aromatic heterocycles. The van der Waals surface area contributed by atoms with Gasteiger partial charge in [-0.25, -0.2) is 12.8 Å². The van der Waals surface area contributed by atoms with Crippen molar-refractivity contribution in [3.63, 3.8) is 0 Å². The molecule has 0 unspecified atom stereocenters. The second kappa shape index (κ2) is 7.90. The van der Waals surface area contributed by atoms with Gasteiger partial charge in [0.25, 0.3) is 0 Å². The van der Waals surface area contributed by atoms with Crippen LogP contribution in [0.4, 0.5) is 9.52 Å². The Bertz CT molecular complexity index is 1030. The summed E-state index contributed by atoms with van der Waals surface area (Å²) in [6.07, 6.45) is 3.51. The van der Waals surface area contributed by atoms with Gasteiger partial charge in [-0.1, -0.05) is 23.5 Å². The van der Waals surface area contributed by atoms with E-state index in [0.29, 0.717) is 32.6 Å². The van der Waals surface area contributed by atoms with Gasteiger partial charge >= 0.3 is 0 Å². The smallest absolute Gasteiger partial charge is 0.244 e. The first-order valence-electron chi connectivity index (χ1n) is 8.74. The lowest BCUT2D eigenvalue weighted by atomic mass is 10.2. The van der Waals surface area contributed by atoms with Crippen molar-refractivity contribution >= 4 is 26.5 Å². The minimum atomic E-state index is -3.53. The van der Waals surface area contributed by atoms with Gasteiger partial charge in [-0.3, -0.25) is 4.98 Å². The van der Waals surface area contributed by atoms with Crippen LogP contribution in [0.3, 0.4) is 0 Å². The zero-order valence-corrected chi connectivity index (χ0v) is 16.5. The number of hydrogen-bond donors (Lipinski definition) is 0. The second-order valence-electron chi connectivity index (χ2n) is 6.36. The number of pyridine rings is 1. The highest BCUT2D eigenvalue weighted by molar-refractivity contribution is 7.89. The van der Waals surface area contributed by atoms with Gasteiger partial charge in [-0.2, -0.15) is 4.31 Å². The molecule has 3 heterocycles. The highest BCUT2D eigenvalue weighted by Gasteiger charge is 2.29. The van der Waals surface area contributed by atoms with Crippen molar-refractivity contribution in [1.82, 2.24) is 19.5 Å². The summed E-state index contributed by atoms with van der Waals surface area (Å²) in [6, 6.07) is 9.50. The maximum absolute atomic E-state index is 13.0. The van der Waals surface area contributed by atoms with Crippen molar-refractivity contribution in [2.75, 3.05) is 31.1 Å². The van der Waals surface area contributed by atoms with E-state index in [4.69, 9.17) is 0 Å². The molecular formula is C18H18FN5O2S2. The SMILES string of the molecule is O=S(=O)(c1cccnc1)N1CCN(c2nnc(Cc3ccc(F)cc3)s2)CC1. The Kier molecular flexibility index (Phi) is 5.33. The number of aromatic nitrogens is 3. The maximum atomic E-state index is 13.0. The summed E-state index contributed by atoms with van der Waals surface area (Å²) in [7, 11) is -3.53. The molecule has 0 bridgehead atoms. The molecule has 10 heteroatoms. The quantitative estimate of drug-likeness (QED) is 0.631. The Morgan fingerprint density at radius 2 is 1.79 bits per heavy atom. The average molecular weight is 420 g/mol. The molecule has 1 saturated heterocycles.